The number of hydrogen-bond acceptors (Lipinski definition) is 6. The lowest BCUT2D eigenvalue weighted by Gasteiger charge is -2.22. The molecule has 1 fully saturated rings. The van der Waals surface area contributed by atoms with Gasteiger partial charge in [0, 0.05) is 23.3 Å². The van der Waals surface area contributed by atoms with E-state index < -0.39 is 0 Å². The highest BCUT2D eigenvalue weighted by molar-refractivity contribution is 7.97. The molecule has 0 saturated carbocycles. The Balaban J connectivity index is 1.59. The molecule has 0 radical (unpaired) electrons. The molecule has 0 spiro atoms. The molecule has 2 aromatic heterocycles. The summed E-state index contributed by atoms with van der Waals surface area (Å²) in [4.78, 5) is 20.3. The molecule has 1 aliphatic heterocycles. The Morgan fingerprint density at radius 3 is 2.87 bits per heavy atom. The van der Waals surface area contributed by atoms with E-state index in [0.29, 0.717) is 23.2 Å². The normalized spacial score (nSPS) is 16.5. The third kappa shape index (κ3) is 3.62. The third-order valence-corrected chi connectivity index (χ3v) is 6.99. The van der Waals surface area contributed by atoms with E-state index in [4.69, 9.17) is 14.1 Å². The summed E-state index contributed by atoms with van der Waals surface area (Å²) in [6, 6.07) is 15.8. The Morgan fingerprint density at radius 1 is 1.23 bits per heavy atom. The standard InChI is InChI=1S/C23H22N2O3S2/c1-29-14-17-16-8-2-4-10-19(16)28-21(17)22(26)25(13-15-7-6-12-27-15)23-24-18-9-3-5-11-20(18)30-23/h2-5,8-11,15H,6-7,12-14H2,1H3. The van der Waals surface area contributed by atoms with E-state index in [0.717, 1.165) is 46.2 Å². The smallest absolute Gasteiger partial charge is 0.296 e. The molecule has 1 unspecified atom stereocenters. The number of hydrogen-bond donors (Lipinski definition) is 0. The molecule has 1 aliphatic rings. The summed E-state index contributed by atoms with van der Waals surface area (Å²) in [7, 11) is 0. The second-order valence-electron chi connectivity index (χ2n) is 7.35. The van der Waals surface area contributed by atoms with Gasteiger partial charge in [0.1, 0.15) is 5.58 Å². The predicted molar refractivity (Wildman–Crippen MR) is 124 cm³/mol. The summed E-state index contributed by atoms with van der Waals surface area (Å²) in [5, 5.41) is 1.68. The molecule has 0 N–H and O–H groups in total. The van der Waals surface area contributed by atoms with E-state index in [1.807, 2.05) is 54.8 Å². The number of thioether (sulfide) groups is 1. The monoisotopic (exact) mass is 438 g/mol. The van der Waals surface area contributed by atoms with E-state index in [1.54, 1.807) is 16.7 Å². The molecule has 1 atom stereocenters. The van der Waals surface area contributed by atoms with Crippen LogP contribution in [0.15, 0.2) is 52.9 Å². The lowest BCUT2D eigenvalue weighted by Crippen LogP contribution is -2.37. The van der Waals surface area contributed by atoms with Crippen LogP contribution in [0.4, 0.5) is 5.13 Å². The third-order valence-electron chi connectivity index (χ3n) is 5.35. The Hall–Kier alpha value is -2.35. The van der Waals surface area contributed by atoms with Crippen molar-refractivity contribution in [3.8, 4) is 0 Å². The van der Waals surface area contributed by atoms with Gasteiger partial charge in [0.25, 0.3) is 5.91 Å². The highest BCUT2D eigenvalue weighted by atomic mass is 32.2. The second kappa shape index (κ2) is 8.41. The van der Waals surface area contributed by atoms with Gasteiger partial charge >= 0.3 is 0 Å². The van der Waals surface area contributed by atoms with Crippen molar-refractivity contribution in [2.45, 2.75) is 24.7 Å². The lowest BCUT2D eigenvalue weighted by molar-refractivity contribution is 0.0896. The Morgan fingerprint density at radius 2 is 2.07 bits per heavy atom. The minimum absolute atomic E-state index is 0.0225. The van der Waals surface area contributed by atoms with Gasteiger partial charge in [-0.3, -0.25) is 9.69 Å². The number of benzene rings is 2. The van der Waals surface area contributed by atoms with Crippen LogP contribution < -0.4 is 4.90 Å². The van der Waals surface area contributed by atoms with Crippen LogP contribution in [-0.2, 0) is 10.5 Å². The first-order valence-corrected chi connectivity index (χ1v) is 12.2. The molecule has 7 heteroatoms. The van der Waals surface area contributed by atoms with Crippen molar-refractivity contribution in [1.82, 2.24) is 4.98 Å². The molecule has 154 valence electrons. The van der Waals surface area contributed by atoms with Crippen molar-refractivity contribution >= 4 is 55.3 Å². The number of para-hydroxylation sites is 2. The van der Waals surface area contributed by atoms with Gasteiger partial charge in [0.15, 0.2) is 10.9 Å². The molecule has 3 heterocycles. The highest BCUT2D eigenvalue weighted by Crippen LogP contribution is 2.34. The van der Waals surface area contributed by atoms with Gasteiger partial charge in [0.2, 0.25) is 0 Å². The van der Waals surface area contributed by atoms with Crippen LogP contribution >= 0.6 is 23.1 Å². The van der Waals surface area contributed by atoms with Gasteiger partial charge in [-0.15, -0.1) is 0 Å². The molecule has 1 saturated heterocycles. The topological polar surface area (TPSA) is 55.6 Å². The van der Waals surface area contributed by atoms with Crippen LogP contribution in [0.5, 0.6) is 0 Å². The van der Waals surface area contributed by atoms with Crippen molar-refractivity contribution in [3.05, 3.63) is 59.9 Å². The number of aromatic nitrogens is 1. The van der Waals surface area contributed by atoms with E-state index in [-0.39, 0.29) is 12.0 Å². The number of carbonyl (C=O) groups is 1. The average Bonchev–Trinajstić information content (AvgIpc) is 3.50. The summed E-state index contributed by atoms with van der Waals surface area (Å²) in [6.07, 6.45) is 4.03. The van der Waals surface area contributed by atoms with Crippen LogP contribution in [0.1, 0.15) is 29.0 Å². The second-order valence-corrected chi connectivity index (χ2v) is 9.23. The highest BCUT2D eigenvalue weighted by Gasteiger charge is 2.31. The average molecular weight is 439 g/mol. The zero-order valence-electron chi connectivity index (χ0n) is 16.7. The molecular weight excluding hydrogens is 416 g/mol. The van der Waals surface area contributed by atoms with Crippen LogP contribution in [0, 0.1) is 0 Å². The van der Waals surface area contributed by atoms with Crippen LogP contribution in [0.3, 0.4) is 0 Å². The van der Waals surface area contributed by atoms with Gasteiger partial charge in [-0.1, -0.05) is 41.7 Å². The number of thiazole rings is 1. The molecule has 5 rings (SSSR count). The molecule has 2 aromatic carbocycles. The van der Waals surface area contributed by atoms with Gasteiger partial charge < -0.3 is 9.15 Å². The zero-order valence-corrected chi connectivity index (χ0v) is 18.3. The number of carbonyl (C=O) groups excluding carboxylic acids is 1. The fourth-order valence-corrected chi connectivity index (χ4v) is 5.45. The zero-order chi connectivity index (χ0) is 20.5. The summed E-state index contributed by atoms with van der Waals surface area (Å²) in [5.74, 6) is 0.971. The lowest BCUT2D eigenvalue weighted by atomic mass is 10.1. The van der Waals surface area contributed by atoms with Crippen LogP contribution in [0.2, 0.25) is 0 Å². The molecule has 4 aromatic rings. The van der Waals surface area contributed by atoms with Crippen molar-refractivity contribution in [3.63, 3.8) is 0 Å². The maximum Gasteiger partial charge on any atom is 0.296 e. The van der Waals surface area contributed by atoms with Gasteiger partial charge in [0.05, 0.1) is 22.9 Å². The van der Waals surface area contributed by atoms with Crippen LogP contribution in [0.25, 0.3) is 21.2 Å². The summed E-state index contributed by atoms with van der Waals surface area (Å²) >= 11 is 3.21. The van der Waals surface area contributed by atoms with Crippen molar-refractivity contribution in [1.29, 1.82) is 0 Å². The van der Waals surface area contributed by atoms with Crippen molar-refractivity contribution in [2.75, 3.05) is 24.3 Å². The summed E-state index contributed by atoms with van der Waals surface area (Å²) < 4.78 is 13.0. The number of furan rings is 1. The summed E-state index contributed by atoms with van der Waals surface area (Å²) in [6.45, 7) is 1.23. The molecular formula is C23H22N2O3S2. The fourth-order valence-electron chi connectivity index (χ4n) is 3.90. The number of nitrogens with zero attached hydrogens (tertiary/aromatic N) is 2. The quantitative estimate of drug-likeness (QED) is 0.385. The van der Waals surface area contributed by atoms with E-state index in [1.165, 1.54) is 11.3 Å². The molecule has 5 nitrogen and oxygen atoms in total. The number of rotatable bonds is 6. The number of anilines is 1. The van der Waals surface area contributed by atoms with Gasteiger partial charge in [-0.05, 0) is 37.3 Å². The first kappa shape index (κ1) is 19.6. The van der Waals surface area contributed by atoms with Crippen LogP contribution in [-0.4, -0.2) is 36.4 Å². The van der Waals surface area contributed by atoms with E-state index >= 15 is 0 Å². The molecule has 30 heavy (non-hydrogen) atoms. The van der Waals surface area contributed by atoms with E-state index in [2.05, 4.69) is 0 Å². The Labute approximate surface area is 183 Å². The van der Waals surface area contributed by atoms with Crippen molar-refractivity contribution < 1.29 is 13.9 Å². The first-order chi connectivity index (χ1) is 14.7. The van der Waals surface area contributed by atoms with Gasteiger partial charge in [-0.25, -0.2) is 4.98 Å². The predicted octanol–water partition coefficient (Wildman–Crippen LogP) is 5.73. The Bertz CT molecular complexity index is 1160. The van der Waals surface area contributed by atoms with E-state index in [9.17, 15) is 4.79 Å². The maximum atomic E-state index is 13.8. The fraction of sp³-hybridized carbons (Fsp3) is 0.304. The number of ether oxygens (including phenoxy) is 1. The van der Waals surface area contributed by atoms with Gasteiger partial charge in [-0.2, -0.15) is 11.8 Å². The maximum absolute atomic E-state index is 13.8. The largest absolute Gasteiger partial charge is 0.451 e. The molecule has 0 bridgehead atoms. The van der Waals surface area contributed by atoms with Crippen molar-refractivity contribution in [2.24, 2.45) is 0 Å². The first-order valence-electron chi connectivity index (χ1n) is 10.0. The summed E-state index contributed by atoms with van der Waals surface area (Å²) in [5.41, 5.74) is 2.59. The Kier molecular flexibility index (Phi) is 5.50. The minimum Gasteiger partial charge on any atom is -0.451 e. The number of amides is 1. The molecule has 1 amide bonds. The minimum atomic E-state index is -0.148. The number of fused-ring (bicyclic) bond motifs is 2. The SMILES string of the molecule is CSCc1c(C(=O)N(CC2CCCO2)c2nc3ccccc3s2)oc2ccccc12. The molecule has 0 aliphatic carbocycles.